The Kier molecular flexibility index (Phi) is 17.4. The summed E-state index contributed by atoms with van der Waals surface area (Å²) in [5, 5.41) is 14.8. The highest BCUT2D eigenvalue weighted by molar-refractivity contribution is 6.27. The molecule has 0 aromatic carbocycles. The lowest BCUT2D eigenvalue weighted by molar-refractivity contribution is -0.159. The summed E-state index contributed by atoms with van der Waals surface area (Å²) in [5.41, 5.74) is 10.1. The van der Waals surface area contributed by atoms with Gasteiger partial charge in [-0.2, -0.15) is 0 Å². The molecular weight excluding hydrogens is 220 g/mol. The number of carbonyl (C=O) groups is 2. The van der Waals surface area contributed by atoms with Crippen molar-refractivity contribution in [1.82, 2.24) is 0 Å². The van der Waals surface area contributed by atoms with Gasteiger partial charge >= 0.3 is 11.9 Å². The van der Waals surface area contributed by atoms with Crippen LogP contribution in [0.1, 0.15) is 13.8 Å². The molecule has 0 rings (SSSR count). The maximum absolute atomic E-state index is 9.10. The average Bonchev–Trinajstić information content (AvgIpc) is 2.19. The van der Waals surface area contributed by atoms with Crippen molar-refractivity contribution in [3.63, 3.8) is 0 Å². The van der Waals surface area contributed by atoms with Gasteiger partial charge in [0.05, 0.1) is 0 Å². The monoisotopic (exact) mass is 240 g/mol. The van der Waals surface area contributed by atoms with E-state index in [4.69, 9.17) is 31.3 Å². The fourth-order valence-electron chi connectivity index (χ4n) is 0. The first-order valence-electron chi connectivity index (χ1n) is 4.21. The first-order valence-corrected chi connectivity index (χ1v) is 4.21. The number of hydrogen-bond donors (Lipinski definition) is 4. The van der Waals surface area contributed by atoms with Crippen molar-refractivity contribution in [1.29, 1.82) is 0 Å². The van der Waals surface area contributed by atoms with E-state index in [0.717, 1.165) is 0 Å². The topological polar surface area (TPSA) is 145 Å². The van der Waals surface area contributed by atoms with Crippen LogP contribution in [0.25, 0.3) is 0 Å². The van der Waals surface area contributed by atoms with Gasteiger partial charge < -0.3 is 31.2 Å². The summed E-state index contributed by atoms with van der Waals surface area (Å²) < 4.78 is 9.06. The maximum Gasteiger partial charge on any atom is 0.414 e. The number of ether oxygens (including phenoxy) is 2. The number of nitrogens with two attached hydrogens (primary N) is 2. The molecule has 6 N–H and O–H groups in total. The minimum absolute atomic E-state index is 0.116. The number of rotatable bonds is 2. The quantitative estimate of drug-likeness (QED) is 0.356. The standard InChI is InChI=1S/2C3H9NO.C2H2O4/c2*1-3(4)5-2;3-1(4)2(5)6/h2*3H,4H2,1-2H3;(H,3,4)(H,5,6). The molecule has 0 heterocycles. The molecule has 2 atom stereocenters. The van der Waals surface area contributed by atoms with Gasteiger partial charge in [0.25, 0.3) is 0 Å². The highest BCUT2D eigenvalue weighted by Crippen LogP contribution is 1.67. The van der Waals surface area contributed by atoms with Gasteiger partial charge in [-0.05, 0) is 13.8 Å². The fraction of sp³-hybridized carbons (Fsp3) is 0.750. The van der Waals surface area contributed by atoms with Crippen LogP contribution in [-0.2, 0) is 19.1 Å². The van der Waals surface area contributed by atoms with E-state index >= 15 is 0 Å². The molecule has 8 heteroatoms. The molecule has 0 aromatic rings. The molecule has 0 spiro atoms. The molecule has 16 heavy (non-hydrogen) atoms. The summed E-state index contributed by atoms with van der Waals surface area (Å²) in [6.45, 7) is 3.56. The van der Waals surface area contributed by atoms with Crippen LogP contribution in [0.4, 0.5) is 0 Å². The fourth-order valence-corrected chi connectivity index (χ4v) is 0. The van der Waals surface area contributed by atoms with Gasteiger partial charge in [-0.1, -0.05) is 0 Å². The third kappa shape index (κ3) is 38.6. The number of hydrogen-bond acceptors (Lipinski definition) is 6. The van der Waals surface area contributed by atoms with E-state index in [1.165, 1.54) is 0 Å². The molecule has 0 saturated carbocycles. The van der Waals surface area contributed by atoms with Gasteiger partial charge in [-0.15, -0.1) is 0 Å². The van der Waals surface area contributed by atoms with Gasteiger partial charge in [0, 0.05) is 14.2 Å². The molecule has 0 radical (unpaired) electrons. The summed E-state index contributed by atoms with van der Waals surface area (Å²) in [6, 6.07) is 0. The molecule has 0 aliphatic carbocycles. The van der Waals surface area contributed by atoms with Gasteiger partial charge in [0.2, 0.25) is 0 Å². The normalized spacial score (nSPS) is 12.1. The summed E-state index contributed by atoms with van der Waals surface area (Å²) in [7, 11) is 3.15. The average molecular weight is 240 g/mol. The van der Waals surface area contributed by atoms with Crippen molar-refractivity contribution in [3.05, 3.63) is 0 Å². The van der Waals surface area contributed by atoms with Crippen LogP contribution in [0.2, 0.25) is 0 Å². The molecule has 98 valence electrons. The van der Waals surface area contributed by atoms with E-state index in [1.807, 2.05) is 0 Å². The van der Waals surface area contributed by atoms with E-state index in [9.17, 15) is 0 Å². The SMILES string of the molecule is COC(C)N.COC(C)N.O=C(O)C(=O)O. The molecule has 0 saturated heterocycles. The highest BCUT2D eigenvalue weighted by atomic mass is 16.5. The summed E-state index contributed by atoms with van der Waals surface area (Å²) in [6.07, 6.45) is -0.231. The van der Waals surface area contributed by atoms with Gasteiger partial charge in [0.15, 0.2) is 0 Å². The van der Waals surface area contributed by atoms with Crippen LogP contribution < -0.4 is 11.5 Å². The predicted molar refractivity (Wildman–Crippen MR) is 56.6 cm³/mol. The highest BCUT2D eigenvalue weighted by Gasteiger charge is 2.04. The third-order valence-corrected chi connectivity index (χ3v) is 0.927. The van der Waals surface area contributed by atoms with Crippen LogP contribution in [0.3, 0.4) is 0 Å². The van der Waals surface area contributed by atoms with Crippen molar-refractivity contribution in [3.8, 4) is 0 Å². The molecular formula is C8H20N2O6. The first kappa shape index (κ1) is 20.2. The minimum Gasteiger partial charge on any atom is -0.473 e. The second-order valence-electron chi connectivity index (χ2n) is 2.49. The molecule has 0 aromatic heterocycles. The third-order valence-electron chi connectivity index (χ3n) is 0.927. The molecule has 8 nitrogen and oxygen atoms in total. The van der Waals surface area contributed by atoms with Crippen molar-refractivity contribution in [2.45, 2.75) is 26.3 Å². The van der Waals surface area contributed by atoms with Gasteiger partial charge in [-0.3, -0.25) is 0 Å². The molecule has 0 amide bonds. The second kappa shape index (κ2) is 13.8. The molecule has 0 aliphatic heterocycles. The van der Waals surface area contributed by atoms with E-state index in [2.05, 4.69) is 9.47 Å². The second-order valence-corrected chi connectivity index (χ2v) is 2.49. The Bertz CT molecular complexity index is 163. The van der Waals surface area contributed by atoms with Gasteiger partial charge in [0.1, 0.15) is 12.5 Å². The Morgan fingerprint density at radius 3 is 1.06 bits per heavy atom. The predicted octanol–water partition coefficient (Wildman–Crippen LogP) is -0.969. The summed E-state index contributed by atoms with van der Waals surface area (Å²) >= 11 is 0. The van der Waals surface area contributed by atoms with Crippen LogP contribution in [-0.4, -0.2) is 48.8 Å². The minimum atomic E-state index is -1.82. The Labute approximate surface area is 94.1 Å². The van der Waals surface area contributed by atoms with Crippen LogP contribution in [0, 0.1) is 0 Å². The van der Waals surface area contributed by atoms with Crippen molar-refractivity contribution in [2.24, 2.45) is 11.5 Å². The van der Waals surface area contributed by atoms with E-state index < -0.39 is 11.9 Å². The van der Waals surface area contributed by atoms with Crippen LogP contribution >= 0.6 is 0 Å². The van der Waals surface area contributed by atoms with Gasteiger partial charge in [-0.25, -0.2) is 9.59 Å². The lowest BCUT2D eigenvalue weighted by Gasteiger charge is -1.95. The number of methoxy groups -OCH3 is 2. The van der Waals surface area contributed by atoms with E-state index in [0.29, 0.717) is 0 Å². The first-order chi connectivity index (χ1) is 7.18. The van der Waals surface area contributed by atoms with Crippen molar-refractivity contribution >= 4 is 11.9 Å². The smallest absolute Gasteiger partial charge is 0.414 e. The number of carboxylic acid groups (broad SMARTS) is 2. The molecule has 2 unspecified atom stereocenters. The Hall–Kier alpha value is -1.22. The number of aliphatic carboxylic acids is 2. The number of carboxylic acids is 2. The Morgan fingerprint density at radius 1 is 0.938 bits per heavy atom. The zero-order chi connectivity index (χ0) is 13.7. The molecule has 0 fully saturated rings. The Morgan fingerprint density at radius 2 is 1.06 bits per heavy atom. The largest absolute Gasteiger partial charge is 0.473 e. The summed E-state index contributed by atoms with van der Waals surface area (Å²) in [4.78, 5) is 18.2. The summed E-state index contributed by atoms with van der Waals surface area (Å²) in [5.74, 6) is -3.65. The van der Waals surface area contributed by atoms with E-state index in [-0.39, 0.29) is 12.5 Å². The van der Waals surface area contributed by atoms with Crippen LogP contribution in [0.15, 0.2) is 0 Å². The maximum atomic E-state index is 9.10. The van der Waals surface area contributed by atoms with Crippen LogP contribution in [0.5, 0.6) is 0 Å². The lowest BCUT2D eigenvalue weighted by Crippen LogP contribution is -2.15. The van der Waals surface area contributed by atoms with E-state index in [1.54, 1.807) is 28.1 Å². The lowest BCUT2D eigenvalue weighted by atomic mass is 10.7. The van der Waals surface area contributed by atoms with Crippen molar-refractivity contribution in [2.75, 3.05) is 14.2 Å². The zero-order valence-electron chi connectivity index (χ0n) is 9.84. The Balaban J connectivity index is -0.000000160. The van der Waals surface area contributed by atoms with Crippen molar-refractivity contribution < 1.29 is 29.3 Å². The molecule has 0 aliphatic rings. The zero-order valence-corrected chi connectivity index (χ0v) is 9.84. The molecule has 0 bridgehead atoms.